The fraction of sp³-hybridized carbons (Fsp3) is 0.440. The van der Waals surface area contributed by atoms with Crippen LogP contribution in [0.2, 0.25) is 0 Å². The van der Waals surface area contributed by atoms with Crippen molar-refractivity contribution in [2.24, 2.45) is 0 Å². The van der Waals surface area contributed by atoms with Crippen molar-refractivity contribution in [2.75, 3.05) is 0 Å². The second kappa shape index (κ2) is 8.50. The monoisotopic (exact) mass is 434 g/mol. The summed E-state index contributed by atoms with van der Waals surface area (Å²) < 4.78 is 7.98. The van der Waals surface area contributed by atoms with Crippen LogP contribution in [0.1, 0.15) is 72.6 Å². The predicted molar refractivity (Wildman–Crippen MR) is 126 cm³/mol. The lowest BCUT2D eigenvalue weighted by molar-refractivity contribution is 0.196. The molecule has 1 saturated carbocycles. The number of rotatable bonds is 5. The van der Waals surface area contributed by atoms with Crippen LogP contribution in [0.25, 0.3) is 0 Å². The molecule has 2 fully saturated rings. The highest BCUT2D eigenvalue weighted by atomic mass is 32.1. The number of hydrogen-bond donors (Lipinski definition) is 1. The van der Waals surface area contributed by atoms with E-state index in [4.69, 9.17) is 21.6 Å². The van der Waals surface area contributed by atoms with Crippen LogP contribution in [-0.2, 0) is 6.54 Å². The van der Waals surface area contributed by atoms with Crippen molar-refractivity contribution in [2.45, 2.75) is 70.6 Å². The highest BCUT2D eigenvalue weighted by Gasteiger charge is 2.44. The third-order valence-electron chi connectivity index (χ3n) is 6.93. The largest absolute Gasteiger partial charge is 0.467 e. The van der Waals surface area contributed by atoms with Crippen LogP contribution in [0, 0.1) is 13.8 Å². The Hall–Kier alpha value is -2.60. The minimum atomic E-state index is 0.0492. The number of nitrogens with zero attached hydrogens (tertiary/aromatic N) is 3. The summed E-state index contributed by atoms with van der Waals surface area (Å²) in [5, 5.41) is 4.50. The van der Waals surface area contributed by atoms with E-state index in [1.165, 1.54) is 49.1 Å². The SMILES string of the molecule is Cc1cc([C@H]2[C@@H](c3ccccn3)NC(=S)N2C2CCCCC2)c(C)n1Cc1ccco1. The van der Waals surface area contributed by atoms with Crippen LogP contribution >= 0.6 is 12.2 Å². The van der Waals surface area contributed by atoms with Crippen molar-refractivity contribution < 1.29 is 4.42 Å². The van der Waals surface area contributed by atoms with Crippen molar-refractivity contribution in [1.82, 2.24) is 19.8 Å². The van der Waals surface area contributed by atoms with Gasteiger partial charge in [0.2, 0.25) is 0 Å². The highest BCUT2D eigenvalue weighted by molar-refractivity contribution is 7.80. The van der Waals surface area contributed by atoms with E-state index in [9.17, 15) is 0 Å². The lowest BCUT2D eigenvalue weighted by Gasteiger charge is -2.37. The van der Waals surface area contributed by atoms with E-state index in [0.717, 1.165) is 23.1 Å². The molecule has 5 nitrogen and oxygen atoms in total. The highest BCUT2D eigenvalue weighted by Crippen LogP contribution is 2.44. The van der Waals surface area contributed by atoms with Crippen LogP contribution in [0.15, 0.2) is 53.3 Å². The molecular weight excluding hydrogens is 404 g/mol. The Labute approximate surface area is 189 Å². The number of pyridine rings is 1. The molecule has 2 atom stereocenters. The first kappa shape index (κ1) is 20.3. The molecule has 3 aromatic heterocycles. The second-order valence-electron chi connectivity index (χ2n) is 8.82. The predicted octanol–water partition coefficient (Wildman–Crippen LogP) is 5.45. The minimum absolute atomic E-state index is 0.0492. The molecule has 31 heavy (non-hydrogen) atoms. The van der Waals surface area contributed by atoms with Crippen molar-refractivity contribution in [3.8, 4) is 0 Å². The quantitative estimate of drug-likeness (QED) is 0.541. The van der Waals surface area contributed by atoms with Gasteiger partial charge in [-0.25, -0.2) is 0 Å². The van der Waals surface area contributed by atoms with E-state index in [0.29, 0.717) is 6.04 Å². The standard InChI is InChI=1S/C25H30N4OS/c1-17-15-21(18(2)28(17)16-20-11-8-14-30-20)24-23(22-12-6-7-13-26-22)27-25(31)29(24)19-9-4-3-5-10-19/h6-8,11-15,19,23-24H,3-5,9-10,16H2,1-2H3,(H,27,31)/t23-,24+/m1/s1. The van der Waals surface area contributed by atoms with Gasteiger partial charge >= 0.3 is 0 Å². The summed E-state index contributed by atoms with van der Waals surface area (Å²) in [5.74, 6) is 0.971. The molecular formula is C25H30N4OS. The molecule has 4 heterocycles. The number of furan rings is 1. The first-order chi connectivity index (χ1) is 15.1. The van der Waals surface area contributed by atoms with Gasteiger partial charge in [0.1, 0.15) is 5.76 Å². The zero-order chi connectivity index (χ0) is 21.4. The zero-order valence-electron chi connectivity index (χ0n) is 18.3. The first-order valence-corrected chi connectivity index (χ1v) is 11.7. The summed E-state index contributed by atoms with van der Waals surface area (Å²) in [7, 11) is 0. The van der Waals surface area contributed by atoms with E-state index in [1.807, 2.05) is 24.4 Å². The van der Waals surface area contributed by atoms with E-state index < -0.39 is 0 Å². The van der Waals surface area contributed by atoms with Crippen LogP contribution in [-0.4, -0.2) is 25.6 Å². The Morgan fingerprint density at radius 3 is 2.68 bits per heavy atom. The molecule has 1 saturated heterocycles. The fourth-order valence-electron chi connectivity index (χ4n) is 5.38. The van der Waals surface area contributed by atoms with Crippen molar-refractivity contribution in [3.05, 3.63) is 77.3 Å². The van der Waals surface area contributed by atoms with Gasteiger partial charge in [0.15, 0.2) is 5.11 Å². The van der Waals surface area contributed by atoms with E-state index in [2.05, 4.69) is 46.8 Å². The number of hydrogen-bond acceptors (Lipinski definition) is 3. The Kier molecular flexibility index (Phi) is 5.57. The van der Waals surface area contributed by atoms with Gasteiger partial charge in [-0.15, -0.1) is 0 Å². The van der Waals surface area contributed by atoms with Gasteiger partial charge in [-0.05, 0) is 74.8 Å². The fourth-order valence-corrected chi connectivity index (χ4v) is 5.77. The number of thiocarbonyl (C=S) groups is 1. The Bertz CT molecular complexity index is 1040. The lowest BCUT2D eigenvalue weighted by Crippen LogP contribution is -2.40. The van der Waals surface area contributed by atoms with Crippen molar-refractivity contribution in [1.29, 1.82) is 0 Å². The van der Waals surface area contributed by atoms with Crippen LogP contribution in [0.5, 0.6) is 0 Å². The maximum atomic E-state index is 5.92. The molecule has 162 valence electrons. The maximum Gasteiger partial charge on any atom is 0.170 e. The van der Waals surface area contributed by atoms with Gasteiger partial charge < -0.3 is 19.2 Å². The van der Waals surface area contributed by atoms with E-state index >= 15 is 0 Å². The Morgan fingerprint density at radius 1 is 1.13 bits per heavy atom. The molecule has 0 spiro atoms. The molecule has 0 amide bonds. The number of nitrogens with one attached hydrogen (secondary N) is 1. The average Bonchev–Trinajstić information content (AvgIpc) is 3.50. The molecule has 0 unspecified atom stereocenters. The van der Waals surface area contributed by atoms with Crippen LogP contribution in [0.4, 0.5) is 0 Å². The van der Waals surface area contributed by atoms with E-state index in [-0.39, 0.29) is 12.1 Å². The summed E-state index contributed by atoms with van der Waals surface area (Å²) in [6.07, 6.45) is 9.92. The molecule has 1 N–H and O–H groups in total. The summed E-state index contributed by atoms with van der Waals surface area (Å²) in [4.78, 5) is 7.19. The summed E-state index contributed by atoms with van der Waals surface area (Å²) in [6, 6.07) is 13.1. The number of aryl methyl sites for hydroxylation is 1. The van der Waals surface area contributed by atoms with Gasteiger partial charge in [-0.1, -0.05) is 25.3 Å². The van der Waals surface area contributed by atoms with Gasteiger partial charge in [-0.2, -0.15) is 0 Å². The number of aromatic nitrogens is 2. The molecule has 1 aliphatic carbocycles. The van der Waals surface area contributed by atoms with Crippen molar-refractivity contribution >= 4 is 17.3 Å². The summed E-state index contributed by atoms with van der Waals surface area (Å²) >= 11 is 5.92. The molecule has 0 radical (unpaired) electrons. The third-order valence-corrected chi connectivity index (χ3v) is 7.26. The second-order valence-corrected chi connectivity index (χ2v) is 9.20. The van der Waals surface area contributed by atoms with Gasteiger partial charge in [0, 0.05) is 23.6 Å². The normalized spacial score (nSPS) is 22.1. The first-order valence-electron chi connectivity index (χ1n) is 11.3. The Balaban J connectivity index is 1.57. The average molecular weight is 435 g/mol. The lowest BCUT2D eigenvalue weighted by atomic mass is 9.90. The molecule has 0 aromatic carbocycles. The maximum absolute atomic E-state index is 5.92. The minimum Gasteiger partial charge on any atom is -0.467 e. The van der Waals surface area contributed by atoms with Crippen molar-refractivity contribution in [3.63, 3.8) is 0 Å². The third kappa shape index (κ3) is 3.78. The van der Waals surface area contributed by atoms with Crippen LogP contribution in [0.3, 0.4) is 0 Å². The topological polar surface area (TPSA) is 46.2 Å². The van der Waals surface area contributed by atoms with Crippen LogP contribution < -0.4 is 5.32 Å². The van der Waals surface area contributed by atoms with E-state index in [1.54, 1.807) is 6.26 Å². The zero-order valence-corrected chi connectivity index (χ0v) is 19.1. The van der Waals surface area contributed by atoms with Gasteiger partial charge in [0.05, 0.1) is 30.6 Å². The summed E-state index contributed by atoms with van der Waals surface area (Å²) in [6.45, 7) is 5.15. The smallest absolute Gasteiger partial charge is 0.170 e. The summed E-state index contributed by atoms with van der Waals surface area (Å²) in [5.41, 5.74) is 4.89. The molecule has 6 heteroatoms. The molecule has 0 bridgehead atoms. The molecule has 3 aromatic rings. The Morgan fingerprint density at radius 2 is 1.97 bits per heavy atom. The molecule has 1 aliphatic heterocycles. The molecule has 5 rings (SSSR count). The van der Waals surface area contributed by atoms with Gasteiger partial charge in [-0.3, -0.25) is 4.98 Å². The molecule has 2 aliphatic rings. The van der Waals surface area contributed by atoms with Gasteiger partial charge in [0.25, 0.3) is 0 Å².